The van der Waals surface area contributed by atoms with Gasteiger partial charge in [0.25, 0.3) is 5.91 Å². The Labute approximate surface area is 776 Å². The number of likely N-dealkylation sites (N-methyl/N-ethyl adjacent to an activating group) is 2. The minimum absolute atomic E-state index is 0. The van der Waals surface area contributed by atoms with Crippen LogP contribution in [0.5, 0.6) is 0 Å². The topological polar surface area (TPSA) is 527 Å². The number of quaternary nitrogens is 1. The number of amides is 2. The van der Waals surface area contributed by atoms with Crippen molar-refractivity contribution in [3.8, 4) is 0 Å². The van der Waals surface area contributed by atoms with Crippen molar-refractivity contribution in [3.05, 3.63) is 96.1 Å². The lowest BCUT2D eigenvalue weighted by molar-refractivity contribution is -0.801. The lowest BCUT2D eigenvalue weighted by Gasteiger charge is -2.49. The summed E-state index contributed by atoms with van der Waals surface area (Å²) in [5.41, 5.74) is 3.11. The Hall–Kier alpha value is -8.25. The van der Waals surface area contributed by atoms with Gasteiger partial charge in [0.1, 0.15) is 77.1 Å². The summed E-state index contributed by atoms with van der Waals surface area (Å²) in [6, 6.07) is 10.6. The number of carboxylic acids is 1. The van der Waals surface area contributed by atoms with E-state index in [1.165, 1.54) is 49.2 Å². The van der Waals surface area contributed by atoms with Crippen LogP contribution in [0.4, 0.5) is 4.79 Å². The highest BCUT2D eigenvalue weighted by molar-refractivity contribution is 7.84. The highest BCUT2D eigenvalue weighted by Gasteiger charge is 2.54. The van der Waals surface area contributed by atoms with Crippen LogP contribution in [-0.2, 0) is 114 Å². The molecule has 26 atom stereocenters. The Bertz CT molecular complexity index is 4410. The predicted molar refractivity (Wildman–Crippen MR) is 486 cm³/mol. The van der Waals surface area contributed by atoms with Gasteiger partial charge in [0, 0.05) is 97.6 Å². The number of halogens is 1. The van der Waals surface area contributed by atoms with Crippen LogP contribution in [-0.4, -0.2) is 356 Å². The molecule has 2 amide bonds. The molecular weight excluding hydrogens is 1760 g/mol. The molecule has 748 valence electrons. The lowest BCUT2D eigenvalue weighted by atomic mass is 9.77. The molecule has 11 unspecified atom stereocenters. The first-order valence-corrected chi connectivity index (χ1v) is 45.1. The molecule has 9 rings (SSSR count). The first-order chi connectivity index (χ1) is 60.5. The van der Waals surface area contributed by atoms with Gasteiger partial charge in [0.05, 0.1) is 102 Å². The van der Waals surface area contributed by atoms with E-state index in [0.29, 0.717) is 62.3 Å². The van der Waals surface area contributed by atoms with Gasteiger partial charge in [-0.15, -0.1) is 12.4 Å². The summed E-state index contributed by atoms with van der Waals surface area (Å²) < 4.78 is 100. The maximum Gasteiger partial charge on any atom is 0.424 e. The van der Waals surface area contributed by atoms with Crippen LogP contribution >= 0.6 is 12.4 Å². The average molecular weight is 1910 g/mol. The molecule has 0 saturated carbocycles. The number of hydrogen-bond donors (Lipinski definition) is 11. The van der Waals surface area contributed by atoms with E-state index in [9.17, 15) is 72.6 Å². The second kappa shape index (κ2) is 52.0. The Balaban J connectivity index is 0.000000523. The highest BCUT2D eigenvalue weighted by atomic mass is 35.5. The van der Waals surface area contributed by atoms with E-state index in [1.54, 1.807) is 129 Å². The first-order valence-electron chi connectivity index (χ1n) is 43.6. The molecule has 5 aliphatic rings. The molecule has 0 spiro atoms. The summed E-state index contributed by atoms with van der Waals surface area (Å²) in [5.74, 6) is -4.62. The van der Waals surface area contributed by atoms with Crippen LogP contribution in [0.2, 0.25) is 0 Å². The first kappa shape index (κ1) is 117. The fourth-order valence-electron chi connectivity index (χ4n) is 16.2. The molecule has 3 fully saturated rings. The summed E-state index contributed by atoms with van der Waals surface area (Å²) >= 11 is 0. The largest absolute Gasteiger partial charge is 0.477 e. The van der Waals surface area contributed by atoms with E-state index in [-0.39, 0.29) is 71.8 Å². The zero-order valence-corrected chi connectivity index (χ0v) is 82.8. The summed E-state index contributed by atoms with van der Waals surface area (Å²) in [6.07, 6.45) is -4.96. The number of aliphatic hydroxyl groups is 7. The number of aromatic nitrogens is 4. The second-order valence-corrected chi connectivity index (χ2v) is 36.5. The van der Waals surface area contributed by atoms with Gasteiger partial charge in [-0.05, 0) is 185 Å². The number of rotatable bonds is 24. The third kappa shape index (κ3) is 30.9. The number of carboxylic acid groups (broad SMARTS) is 1. The molecule has 0 bridgehead atoms. The number of aromatic carboxylic acids is 1. The monoisotopic (exact) mass is 1910 g/mol. The van der Waals surface area contributed by atoms with Crippen molar-refractivity contribution in [2.45, 2.75) is 282 Å². The average Bonchev–Trinajstić information content (AvgIpc) is 1.01. The predicted octanol–water partition coefficient (Wildman–Crippen LogP) is 3.73. The third-order valence-electron chi connectivity index (χ3n) is 24.7. The van der Waals surface area contributed by atoms with E-state index >= 15 is 0 Å². The Morgan fingerprint density at radius 3 is 1.64 bits per heavy atom. The fourth-order valence-corrected chi connectivity index (χ4v) is 17.7. The zero-order valence-electron chi connectivity index (χ0n) is 81.1. The normalized spacial score (nSPS) is 30.3. The van der Waals surface area contributed by atoms with Crippen LogP contribution in [0.3, 0.4) is 0 Å². The zero-order chi connectivity index (χ0) is 98.9. The fraction of sp³-hybridized carbons (Fsp3) is 0.716. The molecule has 131 heavy (non-hydrogen) atoms. The van der Waals surface area contributed by atoms with Crippen molar-refractivity contribution in [2.24, 2.45) is 61.7 Å². The Kier molecular flexibility index (Phi) is 46.4. The quantitative estimate of drug-likeness (QED) is 0.0270. The van der Waals surface area contributed by atoms with E-state index in [1.807, 2.05) is 111 Å². The molecule has 9 heterocycles. The number of ether oxygens (including phenoxy) is 12. The van der Waals surface area contributed by atoms with Gasteiger partial charge in [-0.1, -0.05) is 20.8 Å². The molecule has 41 nitrogen and oxygen atoms in total. The van der Waals surface area contributed by atoms with Gasteiger partial charge in [-0.2, -0.15) is 13.1 Å². The number of esters is 4. The minimum atomic E-state index is -3.73. The molecule has 3 saturated heterocycles. The Morgan fingerprint density at radius 1 is 0.679 bits per heavy atom. The van der Waals surface area contributed by atoms with E-state index in [4.69, 9.17) is 58.8 Å². The van der Waals surface area contributed by atoms with Crippen LogP contribution in [0.25, 0.3) is 0 Å². The molecule has 43 heteroatoms. The smallest absolute Gasteiger partial charge is 0.424 e. The van der Waals surface area contributed by atoms with Crippen LogP contribution < -0.4 is 15.8 Å². The third-order valence-corrected chi connectivity index (χ3v) is 26.9. The number of cyclic esters (lactones) is 1. The SMILES string of the molecule is CCC1OC(=O)C(C)C(OC2C[C@@](C)(OC)C(O)C(C)O2)C(C)[C@@H](OC2OC(C)CC(N(C)C[C@@H]3N=C(c4cccn4C)OC3C)[C@H]2O)[C@@](C)(O)C[C@@H](C)CN(C)[C@H](C)[C@@H](O)[C@@]1(C)O.CC[N+](CC)(CC)S(=O)(=O)NC(=O)OC.COC(=O)[C@@H]1N=C(c2cccn2C)O[C@@H]1C.COC(=O)[C@H](N)[C@H](C)O.COC(=O)[C@H](NC(=O)c1cccn1C)[C@H](C)O.Cl.Cn1cccc1C(=O)O. The molecule has 0 radical (unpaired) electrons. The van der Waals surface area contributed by atoms with Crippen molar-refractivity contribution in [2.75, 3.05) is 82.4 Å². The van der Waals surface area contributed by atoms with Gasteiger partial charge < -0.3 is 132 Å². The van der Waals surface area contributed by atoms with Crippen molar-refractivity contribution in [3.63, 3.8) is 0 Å². The maximum absolute atomic E-state index is 14.4. The molecule has 4 aromatic heterocycles. The summed E-state index contributed by atoms with van der Waals surface area (Å²) in [5, 5.41) is 88.5. The molecule has 12 N–H and O–H groups in total. The number of methoxy groups -OCH3 is 5. The van der Waals surface area contributed by atoms with Crippen LogP contribution in [0.15, 0.2) is 83.3 Å². The summed E-state index contributed by atoms with van der Waals surface area (Å²) in [7, 11) is 13.7. The number of carbonyl (C=O) groups is 7. The standard InChI is InChI=1S/C47H82N4O13.C11H16N2O4.C11H14N2O3.C8H18N2O4S.C6H7NO2.C5H11NO3.ClH/c1-16-35-47(11,57)39(53)29(6)50(13)23-25(2)21-45(9,56)41(27(4)38(28(5)43(55)62-35)63-36-22-46(10,58-15)40(54)31(8)60-36)64-44-37(52)34(20-26(3)59-44)51(14)24-32-30(7)61-42(48-32)33-18-17-19-49(33)12;1-7(14)9(11(16)17-3)12-10(15)8-5-4-6-13(8)2;1-7-9(11(14)15-3)12-10(16-7)8-5-4-6-13(8)2;1-5-10(6-2,7-3)15(12,13)9-8(11)14-4;1-7-4-2-3-5(7)6(8)9;1-3(7)4(6)5(8)9-2;/h17-19,25-32,34-41,44,52-54,56-57H,16,20-24H2,1-15H3;4-7,9,14H,1-3H3,(H,12,15);4-7,9H,1-3H3;5-7H2,1-4H3;2-4H,1H3,(H,8,9);3-4,7H,6H2,1-2H3;1H/p+1/t25-,26?,27?,28?,29-,30?,31?,32+,34?,35?,36?,37-,38?,39-,40?,41-,44?,45+,46-,47+;7-,9+;7-,9-;;;3-,4+;/m101..0./s1. The number of carbonyl (C=O) groups excluding carboxylic acids is 6. The van der Waals surface area contributed by atoms with E-state index in [2.05, 4.69) is 34.2 Å². The van der Waals surface area contributed by atoms with Crippen molar-refractivity contribution in [1.82, 2.24) is 38.1 Å². The highest BCUT2D eigenvalue weighted by Crippen LogP contribution is 2.41. The number of aliphatic imine (C=N–C) groups is 2. The summed E-state index contributed by atoms with van der Waals surface area (Å²) in [6.45, 7) is 31.7. The van der Waals surface area contributed by atoms with Gasteiger partial charge in [0.2, 0.25) is 11.8 Å². The number of nitrogens with two attached hydrogens (primary N) is 1. The van der Waals surface area contributed by atoms with Crippen LogP contribution in [0, 0.1) is 17.8 Å². The number of nitrogens with zero attached hydrogens (tertiary/aromatic N) is 9. The molecule has 4 aromatic rings. The molecular formula is C88H150ClN12O29S+. The number of aryl methyl sites for hydroxylation is 4. The second-order valence-electron chi connectivity index (χ2n) is 34.6. The van der Waals surface area contributed by atoms with E-state index < -0.39 is 172 Å². The van der Waals surface area contributed by atoms with Gasteiger partial charge in [-0.3, -0.25) is 19.3 Å². The van der Waals surface area contributed by atoms with Crippen molar-refractivity contribution >= 4 is 76.3 Å². The number of hydrogen-bond acceptors (Lipinski definition) is 33. The lowest BCUT2D eigenvalue weighted by Crippen LogP contribution is -2.61. The minimum Gasteiger partial charge on any atom is -0.477 e. The van der Waals surface area contributed by atoms with E-state index in [0.717, 1.165) is 18.5 Å². The summed E-state index contributed by atoms with van der Waals surface area (Å²) in [4.78, 5) is 93.8. The molecule has 0 aromatic carbocycles. The van der Waals surface area contributed by atoms with Crippen LogP contribution in [0.1, 0.15) is 176 Å². The number of nitrogens with one attached hydrogen (secondary N) is 2. The van der Waals surface area contributed by atoms with Gasteiger partial charge in [0.15, 0.2) is 24.7 Å². The van der Waals surface area contributed by atoms with Crippen molar-refractivity contribution in [1.29, 1.82) is 0 Å². The maximum atomic E-state index is 14.4. The van der Waals surface area contributed by atoms with Crippen molar-refractivity contribution < 1.29 is 144 Å². The van der Waals surface area contributed by atoms with Gasteiger partial charge in [-0.25, -0.2) is 33.1 Å². The molecule has 5 aliphatic heterocycles. The van der Waals surface area contributed by atoms with Gasteiger partial charge >= 0.3 is 46.1 Å². The Morgan fingerprint density at radius 2 is 1.20 bits per heavy atom. The number of aliphatic hydroxyl groups excluding tert-OH is 5. The molecule has 0 aliphatic carbocycles.